The van der Waals surface area contributed by atoms with E-state index >= 15 is 0 Å². The van der Waals surface area contributed by atoms with Gasteiger partial charge < -0.3 is 14.2 Å². The van der Waals surface area contributed by atoms with Gasteiger partial charge in [0.2, 0.25) is 16.0 Å². The number of para-hydroxylation sites is 1. The van der Waals surface area contributed by atoms with Gasteiger partial charge in [-0.3, -0.25) is 14.3 Å². The minimum atomic E-state index is -4.15. The summed E-state index contributed by atoms with van der Waals surface area (Å²) < 4.78 is 48.1. The van der Waals surface area contributed by atoms with Crippen LogP contribution in [-0.2, 0) is 14.8 Å². The Morgan fingerprint density at radius 2 is 1.79 bits per heavy atom. The second kappa shape index (κ2) is 12.6. The normalized spacial score (nSPS) is 13.4. The minimum Gasteiger partial charge on any atom is -0.494 e. The number of amidine groups is 1. The average molecular weight is 556 g/mol. The van der Waals surface area contributed by atoms with Gasteiger partial charge in [-0.25, -0.2) is 18.4 Å². The molecule has 2 aromatic heterocycles. The molecular weight excluding hydrogens is 522 g/mol. The molecule has 0 saturated heterocycles. The van der Waals surface area contributed by atoms with Crippen molar-refractivity contribution in [3.63, 3.8) is 0 Å². The van der Waals surface area contributed by atoms with Crippen LogP contribution < -0.4 is 14.2 Å². The molecule has 0 aliphatic rings. The Morgan fingerprint density at radius 1 is 1.13 bits per heavy atom. The lowest BCUT2D eigenvalue weighted by atomic mass is 10.2. The van der Waals surface area contributed by atoms with Gasteiger partial charge in [0.15, 0.2) is 11.7 Å². The predicted molar refractivity (Wildman–Crippen MR) is 152 cm³/mol. The van der Waals surface area contributed by atoms with Gasteiger partial charge in [0.05, 0.1) is 14.2 Å². The molecule has 39 heavy (non-hydrogen) atoms. The summed E-state index contributed by atoms with van der Waals surface area (Å²) in [4.78, 5) is 12.4. The maximum Gasteiger partial charge on any atom is 0.243 e. The molecular formula is C26H33N7O5S. The molecule has 2 heterocycles. The van der Waals surface area contributed by atoms with Gasteiger partial charge in [-0.15, -0.1) is 10.2 Å². The van der Waals surface area contributed by atoms with E-state index in [2.05, 4.69) is 36.6 Å². The number of sulfonamides is 1. The Kier molecular flexibility index (Phi) is 9.54. The van der Waals surface area contributed by atoms with E-state index in [0.29, 0.717) is 28.6 Å². The van der Waals surface area contributed by atoms with E-state index in [1.165, 1.54) is 32.8 Å². The van der Waals surface area contributed by atoms with Crippen molar-refractivity contribution in [2.75, 3.05) is 26.1 Å². The van der Waals surface area contributed by atoms with Crippen LogP contribution in [0.4, 0.5) is 5.95 Å². The quantitative estimate of drug-likeness (QED) is 0.278. The largest absolute Gasteiger partial charge is 0.494 e. The first kappa shape index (κ1) is 29.5. The molecule has 0 aliphatic carbocycles. The standard InChI is InChI=1S/C26H33N7O5S/c1-16(2)13-29-24(27-5)23(38-8)18(4)39(34,35)32-26-31-30-25(19-12-17(3)14-28-15-19)33(26)22-20(36-6)10-9-11-21(22)37-7/h9-15,18,23H,5H2,1-4,6-8H3,(H,31,32)/b29-24-/t18-,23-/m0/s1. The molecule has 1 aromatic carbocycles. The molecule has 0 unspecified atom stereocenters. The van der Waals surface area contributed by atoms with E-state index in [4.69, 9.17) is 14.2 Å². The van der Waals surface area contributed by atoms with Crippen molar-refractivity contribution in [1.82, 2.24) is 19.7 Å². The first-order valence-electron chi connectivity index (χ1n) is 11.9. The van der Waals surface area contributed by atoms with Gasteiger partial charge in [0.1, 0.15) is 28.5 Å². The summed E-state index contributed by atoms with van der Waals surface area (Å²) in [6.07, 6.45) is 3.86. The highest BCUT2D eigenvalue weighted by atomic mass is 32.2. The van der Waals surface area contributed by atoms with Gasteiger partial charge in [-0.1, -0.05) is 11.6 Å². The van der Waals surface area contributed by atoms with E-state index in [0.717, 1.165) is 11.1 Å². The van der Waals surface area contributed by atoms with Crippen molar-refractivity contribution in [2.24, 2.45) is 9.98 Å². The van der Waals surface area contributed by atoms with Crippen LogP contribution in [0.1, 0.15) is 26.3 Å². The molecule has 0 bridgehead atoms. The number of rotatable bonds is 11. The van der Waals surface area contributed by atoms with Gasteiger partial charge in [0, 0.05) is 31.3 Å². The predicted octanol–water partition coefficient (Wildman–Crippen LogP) is 3.82. The highest BCUT2D eigenvalue weighted by Crippen LogP contribution is 2.37. The number of aromatic nitrogens is 4. The Bertz CT molecular complexity index is 1470. The fourth-order valence-corrected chi connectivity index (χ4v) is 4.90. The zero-order chi connectivity index (χ0) is 28.7. The van der Waals surface area contributed by atoms with Gasteiger partial charge in [0.25, 0.3) is 0 Å². The number of aryl methyl sites for hydroxylation is 1. The molecule has 0 amide bonds. The lowest BCUT2D eigenvalue weighted by Crippen LogP contribution is -2.41. The molecule has 2 atom stereocenters. The molecule has 3 rings (SSSR count). The van der Waals surface area contributed by atoms with Gasteiger partial charge in [-0.05, 0) is 58.2 Å². The first-order valence-corrected chi connectivity index (χ1v) is 13.4. The third-order valence-electron chi connectivity index (χ3n) is 5.70. The molecule has 3 aromatic rings. The summed E-state index contributed by atoms with van der Waals surface area (Å²) in [5, 5.41) is 7.35. The van der Waals surface area contributed by atoms with Crippen LogP contribution in [0.25, 0.3) is 17.1 Å². The van der Waals surface area contributed by atoms with Gasteiger partial charge >= 0.3 is 0 Å². The minimum absolute atomic E-state index is 0.0923. The van der Waals surface area contributed by atoms with Crippen LogP contribution >= 0.6 is 0 Å². The van der Waals surface area contributed by atoms with Crippen molar-refractivity contribution in [2.45, 2.75) is 39.0 Å². The Hall–Kier alpha value is -4.10. The summed E-state index contributed by atoms with van der Waals surface area (Å²) in [5.74, 6) is 1.17. The molecule has 0 radical (unpaired) electrons. The topological polar surface area (TPSA) is 142 Å². The number of pyridine rings is 1. The molecule has 0 fully saturated rings. The van der Waals surface area contributed by atoms with E-state index in [-0.39, 0.29) is 11.8 Å². The number of methoxy groups -OCH3 is 3. The summed E-state index contributed by atoms with van der Waals surface area (Å²) in [7, 11) is 0.232. The molecule has 0 saturated carbocycles. The average Bonchev–Trinajstić information content (AvgIpc) is 3.32. The lowest BCUT2D eigenvalue weighted by molar-refractivity contribution is 0.154. The van der Waals surface area contributed by atoms with Crippen LogP contribution in [0.2, 0.25) is 0 Å². The maximum absolute atomic E-state index is 13.7. The molecule has 12 nitrogen and oxygen atoms in total. The second-order valence-electron chi connectivity index (χ2n) is 8.81. The third-order valence-corrected chi connectivity index (χ3v) is 7.39. The fourth-order valence-electron chi connectivity index (χ4n) is 3.77. The van der Waals surface area contributed by atoms with Crippen molar-refractivity contribution in [3.8, 4) is 28.6 Å². The summed E-state index contributed by atoms with van der Waals surface area (Å²) in [6.45, 7) is 10.6. The highest BCUT2D eigenvalue weighted by Gasteiger charge is 2.35. The zero-order valence-corrected chi connectivity index (χ0v) is 23.9. The number of benzene rings is 1. The van der Waals surface area contributed by atoms with Crippen molar-refractivity contribution >= 4 is 28.5 Å². The third kappa shape index (κ3) is 6.49. The van der Waals surface area contributed by atoms with E-state index in [1.54, 1.807) is 36.8 Å². The number of hydrogen-bond acceptors (Lipinski definition) is 9. The van der Waals surface area contributed by atoms with Crippen LogP contribution in [0, 0.1) is 6.92 Å². The maximum atomic E-state index is 13.7. The molecule has 1 N–H and O–H groups in total. The number of ether oxygens (including phenoxy) is 3. The molecule has 13 heteroatoms. The van der Waals surface area contributed by atoms with E-state index in [1.807, 2.05) is 26.8 Å². The number of nitrogens with zero attached hydrogens (tertiary/aromatic N) is 6. The van der Waals surface area contributed by atoms with Crippen LogP contribution in [0.5, 0.6) is 11.5 Å². The van der Waals surface area contributed by atoms with Crippen molar-refractivity contribution in [1.29, 1.82) is 0 Å². The summed E-state index contributed by atoms with van der Waals surface area (Å²) >= 11 is 0. The van der Waals surface area contributed by atoms with Crippen LogP contribution in [0.15, 0.2) is 58.4 Å². The number of allylic oxidation sites excluding steroid dienone is 1. The number of aliphatic imine (C=N–C) groups is 2. The smallest absolute Gasteiger partial charge is 0.243 e. The van der Waals surface area contributed by atoms with Crippen LogP contribution in [-0.4, -0.2) is 73.4 Å². The number of hydrogen-bond donors (Lipinski definition) is 1. The van der Waals surface area contributed by atoms with Crippen molar-refractivity contribution in [3.05, 3.63) is 54.0 Å². The van der Waals surface area contributed by atoms with Gasteiger partial charge in [-0.2, -0.15) is 0 Å². The number of anilines is 1. The van der Waals surface area contributed by atoms with E-state index in [9.17, 15) is 8.42 Å². The lowest BCUT2D eigenvalue weighted by Gasteiger charge is -2.23. The van der Waals surface area contributed by atoms with E-state index < -0.39 is 21.4 Å². The number of nitrogens with one attached hydrogen (secondary N) is 1. The molecule has 0 aliphatic heterocycles. The second-order valence-corrected chi connectivity index (χ2v) is 10.8. The highest BCUT2D eigenvalue weighted by molar-refractivity contribution is 7.93. The summed E-state index contributed by atoms with van der Waals surface area (Å²) in [6, 6.07) is 7.06. The monoisotopic (exact) mass is 555 g/mol. The Labute approximate surface area is 228 Å². The summed E-state index contributed by atoms with van der Waals surface area (Å²) in [5.41, 5.74) is 2.79. The first-order chi connectivity index (χ1) is 18.6. The SMILES string of the molecule is C=N/C(=N\C=C(C)C)[C@@H](OC)[C@H](C)S(=O)(=O)Nc1nnc(-c2cncc(C)c2)n1-c1c(OC)cccc1OC. The van der Waals surface area contributed by atoms with Crippen LogP contribution in [0.3, 0.4) is 0 Å². The molecule has 0 spiro atoms. The molecule has 208 valence electrons. The fraction of sp³-hybridized carbons (Fsp3) is 0.346. The van der Waals surface area contributed by atoms with Crippen molar-refractivity contribution < 1.29 is 22.6 Å². The Morgan fingerprint density at radius 3 is 2.33 bits per heavy atom. The zero-order valence-electron chi connectivity index (χ0n) is 23.0. The Balaban J connectivity index is 2.19.